The fourth-order valence-electron chi connectivity index (χ4n) is 4.17. The van der Waals surface area contributed by atoms with Gasteiger partial charge in [0.2, 0.25) is 15.9 Å². The number of carbonyl (C=O) groups is 1. The average molecular weight is 515 g/mol. The number of hydrogen-bond donors (Lipinski definition) is 1. The van der Waals surface area contributed by atoms with Crippen molar-refractivity contribution in [3.63, 3.8) is 0 Å². The molecule has 3 aromatic rings. The molecule has 2 unspecified atom stereocenters. The molecule has 1 amide bonds. The number of sulfonamides is 1. The van der Waals surface area contributed by atoms with Crippen LogP contribution in [-0.2, 0) is 21.2 Å². The van der Waals surface area contributed by atoms with Crippen molar-refractivity contribution >= 4 is 21.9 Å². The SMILES string of the molecule is CC1CN(S(=O)(=O)c2ccc(C(=O)Nc3nnc(Cc4ccc5c(c4)OCCO5)o3)cc2)CC(C)O1. The summed E-state index contributed by atoms with van der Waals surface area (Å²) in [6.45, 7) is 5.24. The molecule has 0 bridgehead atoms. The molecule has 2 aliphatic heterocycles. The van der Waals surface area contributed by atoms with Crippen molar-refractivity contribution in [3.8, 4) is 11.5 Å². The number of nitrogens with zero attached hydrogens (tertiary/aromatic N) is 3. The van der Waals surface area contributed by atoms with Gasteiger partial charge in [-0.15, -0.1) is 5.10 Å². The van der Waals surface area contributed by atoms with E-state index < -0.39 is 15.9 Å². The summed E-state index contributed by atoms with van der Waals surface area (Å²) in [5.41, 5.74) is 1.14. The molecular formula is C24H26N4O7S. The van der Waals surface area contributed by atoms with Crippen LogP contribution in [0.3, 0.4) is 0 Å². The molecule has 5 rings (SSSR count). The van der Waals surface area contributed by atoms with Crippen molar-refractivity contribution in [2.24, 2.45) is 0 Å². The van der Waals surface area contributed by atoms with Crippen molar-refractivity contribution < 1.29 is 31.8 Å². The molecule has 2 atom stereocenters. The number of aromatic nitrogens is 2. The molecule has 36 heavy (non-hydrogen) atoms. The first-order chi connectivity index (χ1) is 17.3. The van der Waals surface area contributed by atoms with Crippen LogP contribution in [-0.4, -0.2) is 67.3 Å². The maximum atomic E-state index is 13.0. The Morgan fingerprint density at radius 3 is 2.42 bits per heavy atom. The molecule has 11 nitrogen and oxygen atoms in total. The highest BCUT2D eigenvalue weighted by molar-refractivity contribution is 7.89. The third-order valence-electron chi connectivity index (χ3n) is 5.79. The molecule has 1 aromatic heterocycles. The zero-order chi connectivity index (χ0) is 25.3. The highest BCUT2D eigenvalue weighted by atomic mass is 32.2. The number of benzene rings is 2. The predicted octanol–water partition coefficient (Wildman–Crippen LogP) is 2.48. The van der Waals surface area contributed by atoms with Gasteiger partial charge in [0.1, 0.15) is 13.2 Å². The van der Waals surface area contributed by atoms with Crippen molar-refractivity contribution in [3.05, 3.63) is 59.5 Å². The van der Waals surface area contributed by atoms with Crippen molar-refractivity contribution in [2.75, 3.05) is 31.6 Å². The third-order valence-corrected chi connectivity index (χ3v) is 7.64. The first-order valence-corrected chi connectivity index (χ1v) is 13.0. The lowest BCUT2D eigenvalue weighted by molar-refractivity contribution is -0.0440. The van der Waals surface area contributed by atoms with Gasteiger partial charge in [-0.2, -0.15) is 4.31 Å². The molecule has 1 fully saturated rings. The molecule has 0 radical (unpaired) electrons. The number of amides is 1. The molecule has 0 spiro atoms. The largest absolute Gasteiger partial charge is 0.486 e. The highest BCUT2D eigenvalue weighted by Crippen LogP contribution is 2.31. The highest BCUT2D eigenvalue weighted by Gasteiger charge is 2.32. The second-order valence-electron chi connectivity index (χ2n) is 8.71. The summed E-state index contributed by atoms with van der Waals surface area (Å²) in [5, 5.41) is 10.4. The van der Waals surface area contributed by atoms with Gasteiger partial charge in [0.25, 0.3) is 5.91 Å². The minimum atomic E-state index is -3.70. The minimum Gasteiger partial charge on any atom is -0.486 e. The summed E-state index contributed by atoms with van der Waals surface area (Å²) >= 11 is 0. The van der Waals surface area contributed by atoms with Crippen LogP contribution in [0, 0.1) is 0 Å². The first kappa shape index (κ1) is 24.2. The van der Waals surface area contributed by atoms with E-state index in [9.17, 15) is 13.2 Å². The topological polar surface area (TPSA) is 133 Å². The Morgan fingerprint density at radius 1 is 1.00 bits per heavy atom. The van der Waals surface area contributed by atoms with Crippen LogP contribution in [0.5, 0.6) is 11.5 Å². The zero-order valence-electron chi connectivity index (χ0n) is 19.8. The third kappa shape index (κ3) is 5.20. The Balaban J connectivity index is 1.22. The summed E-state index contributed by atoms with van der Waals surface area (Å²) in [5.74, 6) is 1.17. The Bertz CT molecular complexity index is 1350. The number of ether oxygens (including phenoxy) is 3. The van der Waals surface area contributed by atoms with Gasteiger partial charge in [0.15, 0.2) is 11.5 Å². The van der Waals surface area contributed by atoms with Gasteiger partial charge in [-0.05, 0) is 55.8 Å². The molecule has 3 heterocycles. The zero-order valence-corrected chi connectivity index (χ0v) is 20.7. The Kier molecular flexibility index (Phi) is 6.65. The van der Waals surface area contributed by atoms with Gasteiger partial charge in [-0.3, -0.25) is 10.1 Å². The van der Waals surface area contributed by atoms with Crippen LogP contribution < -0.4 is 14.8 Å². The van der Waals surface area contributed by atoms with Gasteiger partial charge in [0, 0.05) is 18.7 Å². The quantitative estimate of drug-likeness (QED) is 0.527. The number of nitrogens with one attached hydrogen (secondary N) is 1. The second kappa shape index (κ2) is 9.88. The van der Waals surface area contributed by atoms with Crippen molar-refractivity contribution in [1.29, 1.82) is 0 Å². The van der Waals surface area contributed by atoms with Crippen LogP contribution in [0.1, 0.15) is 35.7 Å². The van der Waals surface area contributed by atoms with E-state index in [1.807, 2.05) is 32.0 Å². The fraction of sp³-hybridized carbons (Fsp3) is 0.375. The van der Waals surface area contributed by atoms with E-state index in [0.717, 1.165) is 5.56 Å². The molecular weight excluding hydrogens is 488 g/mol. The van der Waals surface area contributed by atoms with Gasteiger partial charge >= 0.3 is 6.01 Å². The molecule has 1 saturated heterocycles. The normalized spacial score (nSPS) is 20.2. The van der Waals surface area contributed by atoms with Crippen LogP contribution in [0.4, 0.5) is 6.01 Å². The average Bonchev–Trinajstić information content (AvgIpc) is 3.30. The number of anilines is 1. The lowest BCUT2D eigenvalue weighted by atomic mass is 10.1. The van der Waals surface area contributed by atoms with E-state index in [1.54, 1.807) is 0 Å². The minimum absolute atomic E-state index is 0.0551. The van der Waals surface area contributed by atoms with E-state index in [0.29, 0.717) is 37.0 Å². The number of morpholine rings is 1. The number of fused-ring (bicyclic) bond motifs is 1. The smallest absolute Gasteiger partial charge is 0.322 e. The monoisotopic (exact) mass is 514 g/mol. The summed E-state index contributed by atoms with van der Waals surface area (Å²) in [4.78, 5) is 12.8. The van der Waals surface area contributed by atoms with Crippen molar-refractivity contribution in [2.45, 2.75) is 37.4 Å². The van der Waals surface area contributed by atoms with Crippen LogP contribution in [0.15, 0.2) is 51.8 Å². The Morgan fingerprint density at radius 2 is 1.69 bits per heavy atom. The van der Waals surface area contributed by atoms with E-state index in [2.05, 4.69) is 15.5 Å². The van der Waals surface area contributed by atoms with E-state index in [-0.39, 0.29) is 41.8 Å². The van der Waals surface area contributed by atoms with Crippen molar-refractivity contribution in [1.82, 2.24) is 14.5 Å². The first-order valence-electron chi connectivity index (χ1n) is 11.6. The van der Waals surface area contributed by atoms with E-state index >= 15 is 0 Å². The van der Waals surface area contributed by atoms with Gasteiger partial charge in [-0.25, -0.2) is 8.42 Å². The van der Waals surface area contributed by atoms with Gasteiger partial charge in [-0.1, -0.05) is 11.2 Å². The second-order valence-corrected chi connectivity index (χ2v) is 10.7. The standard InChI is InChI=1S/C24H26N4O7S/c1-15-13-28(14-16(2)34-15)36(30,31)19-6-4-18(5-7-19)23(29)25-24-27-26-22(35-24)12-17-3-8-20-21(11-17)33-10-9-32-20/h3-8,11,15-16H,9-10,12-14H2,1-2H3,(H,25,27,29). The number of rotatable bonds is 6. The van der Waals surface area contributed by atoms with Gasteiger partial charge in [0.05, 0.1) is 23.5 Å². The molecule has 12 heteroatoms. The molecule has 2 aliphatic rings. The maximum Gasteiger partial charge on any atom is 0.322 e. The fourth-order valence-corrected chi connectivity index (χ4v) is 5.76. The summed E-state index contributed by atoms with van der Waals surface area (Å²) in [7, 11) is -3.70. The lowest BCUT2D eigenvalue weighted by Crippen LogP contribution is -2.48. The summed E-state index contributed by atoms with van der Waals surface area (Å²) < 4.78 is 49.7. The van der Waals surface area contributed by atoms with Crippen LogP contribution in [0.2, 0.25) is 0 Å². The number of carbonyl (C=O) groups excluding carboxylic acids is 1. The molecule has 2 aromatic carbocycles. The lowest BCUT2D eigenvalue weighted by Gasteiger charge is -2.34. The van der Waals surface area contributed by atoms with E-state index in [1.165, 1.54) is 28.6 Å². The number of hydrogen-bond acceptors (Lipinski definition) is 9. The predicted molar refractivity (Wildman–Crippen MR) is 128 cm³/mol. The molecule has 0 aliphatic carbocycles. The maximum absolute atomic E-state index is 13.0. The Labute approximate surface area is 208 Å². The summed E-state index contributed by atoms with van der Waals surface area (Å²) in [6, 6.07) is 11.2. The summed E-state index contributed by atoms with van der Waals surface area (Å²) in [6.07, 6.45) is -0.0323. The van der Waals surface area contributed by atoms with Gasteiger partial charge < -0.3 is 18.6 Å². The molecule has 0 saturated carbocycles. The molecule has 190 valence electrons. The molecule has 1 N–H and O–H groups in total. The Hall–Kier alpha value is -3.48. The van der Waals surface area contributed by atoms with Crippen LogP contribution >= 0.6 is 0 Å². The van der Waals surface area contributed by atoms with Crippen LogP contribution in [0.25, 0.3) is 0 Å². The van der Waals surface area contributed by atoms with E-state index in [4.69, 9.17) is 18.6 Å².